The van der Waals surface area contributed by atoms with Gasteiger partial charge in [0.1, 0.15) is 11.3 Å². The zero-order chi connectivity index (χ0) is 22.5. The molecule has 1 aromatic carbocycles. The van der Waals surface area contributed by atoms with E-state index in [9.17, 15) is 19.8 Å². The molecule has 2 N–H and O–H groups in total. The number of hydrogen-bond acceptors (Lipinski definition) is 5. The predicted molar refractivity (Wildman–Crippen MR) is 116 cm³/mol. The number of rotatable bonds is 6. The van der Waals surface area contributed by atoms with Crippen molar-refractivity contribution in [3.8, 4) is 5.75 Å². The van der Waals surface area contributed by atoms with E-state index in [4.69, 9.17) is 4.74 Å². The van der Waals surface area contributed by atoms with Crippen LogP contribution in [0.5, 0.6) is 5.75 Å². The van der Waals surface area contributed by atoms with Crippen molar-refractivity contribution in [2.45, 2.75) is 45.6 Å². The van der Waals surface area contributed by atoms with Crippen LogP contribution in [0.15, 0.2) is 17.1 Å². The monoisotopic (exact) mass is 432 g/mol. The molecule has 1 aliphatic heterocycles. The highest BCUT2D eigenvalue weighted by atomic mass is 19.1. The van der Waals surface area contributed by atoms with Crippen LogP contribution in [0.3, 0.4) is 0 Å². The van der Waals surface area contributed by atoms with Crippen molar-refractivity contribution in [3.63, 3.8) is 0 Å². The zero-order valence-electron chi connectivity index (χ0n) is 18.2. The summed E-state index contributed by atoms with van der Waals surface area (Å²) in [6, 6.07) is 1.03. The van der Waals surface area contributed by atoms with E-state index in [0.29, 0.717) is 30.7 Å². The minimum Gasteiger partial charge on any atom is -0.492 e. The lowest BCUT2D eigenvalue weighted by Gasteiger charge is -2.40. The van der Waals surface area contributed by atoms with Crippen LogP contribution < -0.4 is 15.1 Å². The molecule has 2 aromatic rings. The van der Waals surface area contributed by atoms with Gasteiger partial charge >= 0.3 is 5.97 Å². The number of aromatic carboxylic acids is 1. The molecule has 2 atom stereocenters. The average Bonchev–Trinajstić information content (AvgIpc) is 3.51. The first kappa shape index (κ1) is 21.6. The first-order chi connectivity index (χ1) is 14.8. The predicted octanol–water partition coefficient (Wildman–Crippen LogP) is 3.42. The topological polar surface area (TPSA) is 92.0 Å². The molecule has 2 fully saturated rings. The van der Waals surface area contributed by atoms with Crippen molar-refractivity contribution in [2.24, 2.45) is 11.3 Å². The number of aliphatic hydroxyl groups excluding tert-OH is 1. The summed E-state index contributed by atoms with van der Waals surface area (Å²) in [6.07, 6.45) is 4.80. The molecule has 2 unspecified atom stereocenters. The normalized spacial score (nSPS) is 20.8. The zero-order valence-corrected chi connectivity index (χ0v) is 18.2. The van der Waals surface area contributed by atoms with E-state index in [1.165, 1.54) is 13.3 Å². The lowest BCUT2D eigenvalue weighted by molar-refractivity contribution is 0.0694. The summed E-state index contributed by atoms with van der Waals surface area (Å²) in [6.45, 7) is 5.22. The lowest BCUT2D eigenvalue weighted by Crippen LogP contribution is -2.43. The Bertz CT molecular complexity index is 1090. The Morgan fingerprint density at radius 1 is 1.42 bits per heavy atom. The van der Waals surface area contributed by atoms with Gasteiger partial charge in [0.25, 0.3) is 0 Å². The third-order valence-electron chi connectivity index (χ3n) is 7.25. The van der Waals surface area contributed by atoms with E-state index in [-0.39, 0.29) is 40.7 Å². The van der Waals surface area contributed by atoms with Gasteiger partial charge in [-0.3, -0.25) is 4.79 Å². The molecule has 31 heavy (non-hydrogen) atoms. The molecule has 0 radical (unpaired) electrons. The Morgan fingerprint density at radius 3 is 2.68 bits per heavy atom. The molecule has 1 saturated carbocycles. The number of aromatic nitrogens is 1. The van der Waals surface area contributed by atoms with E-state index in [1.807, 2.05) is 18.7 Å². The van der Waals surface area contributed by atoms with E-state index in [2.05, 4.69) is 0 Å². The summed E-state index contributed by atoms with van der Waals surface area (Å²) in [4.78, 5) is 26.5. The molecule has 4 rings (SSSR count). The summed E-state index contributed by atoms with van der Waals surface area (Å²) in [5.74, 6) is -1.47. The number of carboxylic acid groups (broad SMARTS) is 1. The SMILES string of the molecule is CCC(C)n1cc(C(=O)O)c(=O)c2cc(F)c(N3CCC(CO)C4(CC4)C3)c(OC)c21. The minimum absolute atomic E-state index is 0.00293. The van der Waals surface area contributed by atoms with Gasteiger partial charge in [-0.05, 0) is 50.0 Å². The standard InChI is InChI=1S/C23H29FN2O5/c1-4-13(2)26-10-16(22(29)30)20(28)15-9-17(24)19(21(31-3)18(15)26)25-8-5-14(11-27)23(12-25)6-7-23/h9-10,13-14,27H,4-8,11-12H2,1-3H3,(H,29,30). The third-order valence-corrected chi connectivity index (χ3v) is 7.25. The van der Waals surface area contributed by atoms with Crippen LogP contribution in [0, 0.1) is 17.2 Å². The number of anilines is 1. The van der Waals surface area contributed by atoms with Gasteiger partial charge < -0.3 is 24.4 Å². The second-order valence-corrected chi connectivity index (χ2v) is 8.93. The maximum absolute atomic E-state index is 15.5. The van der Waals surface area contributed by atoms with Crippen molar-refractivity contribution in [3.05, 3.63) is 33.9 Å². The Morgan fingerprint density at radius 2 is 2.13 bits per heavy atom. The number of carboxylic acids is 1. The molecule has 1 saturated heterocycles. The highest BCUT2D eigenvalue weighted by molar-refractivity contribution is 5.97. The van der Waals surface area contributed by atoms with Crippen molar-refractivity contribution < 1.29 is 24.1 Å². The van der Waals surface area contributed by atoms with Crippen LogP contribution >= 0.6 is 0 Å². The minimum atomic E-state index is -1.34. The smallest absolute Gasteiger partial charge is 0.341 e. The number of methoxy groups -OCH3 is 1. The number of hydrogen-bond donors (Lipinski definition) is 2. The second-order valence-electron chi connectivity index (χ2n) is 8.93. The quantitative estimate of drug-likeness (QED) is 0.727. The number of fused-ring (bicyclic) bond motifs is 1. The summed E-state index contributed by atoms with van der Waals surface area (Å²) >= 11 is 0. The largest absolute Gasteiger partial charge is 0.492 e. The molecule has 168 valence electrons. The first-order valence-electron chi connectivity index (χ1n) is 10.8. The van der Waals surface area contributed by atoms with Crippen LogP contribution in [-0.4, -0.2) is 47.6 Å². The molecule has 2 heterocycles. The number of benzene rings is 1. The van der Waals surface area contributed by atoms with Crippen LogP contribution in [0.1, 0.15) is 55.9 Å². The van der Waals surface area contributed by atoms with Crippen molar-refractivity contribution >= 4 is 22.6 Å². The molecule has 1 spiro atoms. The Hall–Kier alpha value is -2.61. The van der Waals surface area contributed by atoms with Gasteiger partial charge in [-0.2, -0.15) is 0 Å². The molecule has 0 amide bonds. The van der Waals surface area contributed by atoms with Gasteiger partial charge in [0.15, 0.2) is 11.6 Å². The second kappa shape index (κ2) is 7.82. The summed E-state index contributed by atoms with van der Waals surface area (Å²) < 4.78 is 22.9. The summed E-state index contributed by atoms with van der Waals surface area (Å²) in [7, 11) is 1.45. The number of ether oxygens (including phenoxy) is 1. The maximum atomic E-state index is 15.5. The maximum Gasteiger partial charge on any atom is 0.341 e. The summed E-state index contributed by atoms with van der Waals surface area (Å²) in [5, 5.41) is 19.3. The van der Waals surface area contributed by atoms with E-state index in [1.54, 1.807) is 4.57 Å². The van der Waals surface area contributed by atoms with Gasteiger partial charge in [0.2, 0.25) is 5.43 Å². The highest BCUT2D eigenvalue weighted by Gasteiger charge is 2.52. The number of aliphatic hydroxyl groups is 1. The van der Waals surface area contributed by atoms with Gasteiger partial charge in [-0.15, -0.1) is 0 Å². The van der Waals surface area contributed by atoms with Crippen LogP contribution in [0.2, 0.25) is 0 Å². The fraction of sp³-hybridized carbons (Fsp3) is 0.565. The van der Waals surface area contributed by atoms with Crippen LogP contribution in [-0.2, 0) is 0 Å². The lowest BCUT2D eigenvalue weighted by atomic mass is 9.82. The van der Waals surface area contributed by atoms with E-state index >= 15 is 4.39 Å². The Kier molecular flexibility index (Phi) is 5.45. The number of nitrogens with zero attached hydrogens (tertiary/aromatic N) is 2. The van der Waals surface area contributed by atoms with Crippen LogP contribution in [0.4, 0.5) is 10.1 Å². The Labute approximate surface area is 180 Å². The van der Waals surface area contributed by atoms with E-state index < -0.39 is 17.2 Å². The van der Waals surface area contributed by atoms with Crippen molar-refractivity contribution in [2.75, 3.05) is 31.7 Å². The summed E-state index contributed by atoms with van der Waals surface area (Å²) in [5.41, 5.74) is -0.385. The molecule has 0 bridgehead atoms. The highest BCUT2D eigenvalue weighted by Crippen LogP contribution is 2.57. The Balaban J connectivity index is 1.96. The molecule has 1 aliphatic carbocycles. The number of carbonyl (C=O) groups is 1. The van der Waals surface area contributed by atoms with Gasteiger partial charge in [-0.1, -0.05) is 6.92 Å². The fourth-order valence-electron chi connectivity index (χ4n) is 5.04. The van der Waals surface area contributed by atoms with Crippen molar-refractivity contribution in [1.29, 1.82) is 0 Å². The third kappa shape index (κ3) is 3.37. The van der Waals surface area contributed by atoms with Gasteiger partial charge in [0, 0.05) is 31.9 Å². The number of piperidine rings is 1. The molecular formula is C23H29FN2O5. The molecule has 1 aromatic heterocycles. The van der Waals surface area contributed by atoms with Gasteiger partial charge in [0.05, 0.1) is 18.0 Å². The molecular weight excluding hydrogens is 403 g/mol. The average molecular weight is 432 g/mol. The molecule has 2 aliphatic rings. The first-order valence-corrected chi connectivity index (χ1v) is 10.8. The van der Waals surface area contributed by atoms with Crippen molar-refractivity contribution in [1.82, 2.24) is 4.57 Å². The fourth-order valence-corrected chi connectivity index (χ4v) is 5.04. The van der Waals surface area contributed by atoms with Crippen LogP contribution in [0.25, 0.3) is 10.9 Å². The molecule has 8 heteroatoms. The number of halogens is 1. The van der Waals surface area contributed by atoms with Gasteiger partial charge in [-0.25, -0.2) is 9.18 Å². The number of pyridine rings is 1. The van der Waals surface area contributed by atoms with E-state index in [0.717, 1.165) is 25.3 Å². The molecule has 7 nitrogen and oxygen atoms in total.